The first kappa shape index (κ1) is 22.4. The number of piperazine rings is 1. The molecule has 1 aromatic rings. The van der Waals surface area contributed by atoms with Crippen LogP contribution in [0.3, 0.4) is 0 Å². The zero-order valence-electron chi connectivity index (χ0n) is 14.1. The van der Waals surface area contributed by atoms with E-state index < -0.39 is 11.7 Å². The summed E-state index contributed by atoms with van der Waals surface area (Å²) in [5.41, 5.74) is -0.159. The van der Waals surface area contributed by atoms with Crippen LogP contribution in [-0.2, 0) is 6.18 Å². The number of benzene rings is 1. The van der Waals surface area contributed by atoms with Crippen LogP contribution in [0.1, 0.15) is 36.4 Å². The first-order valence-corrected chi connectivity index (χ1v) is 8.19. The molecule has 1 atom stereocenters. The summed E-state index contributed by atoms with van der Waals surface area (Å²) < 4.78 is 45.7. The van der Waals surface area contributed by atoms with Gasteiger partial charge in [-0.15, -0.1) is 24.8 Å². The highest BCUT2D eigenvalue weighted by Crippen LogP contribution is 2.44. The lowest BCUT2D eigenvalue weighted by Gasteiger charge is -2.36. The quantitative estimate of drug-likeness (QED) is 0.796. The summed E-state index contributed by atoms with van der Waals surface area (Å²) in [6, 6.07) is 4.23. The molecule has 0 amide bonds. The molecule has 3 rings (SSSR count). The van der Waals surface area contributed by atoms with E-state index in [1.54, 1.807) is 12.1 Å². The summed E-state index contributed by atoms with van der Waals surface area (Å²) in [4.78, 5) is 2.20. The van der Waals surface area contributed by atoms with Gasteiger partial charge in [-0.3, -0.25) is 4.90 Å². The van der Waals surface area contributed by atoms with Gasteiger partial charge in [0.15, 0.2) is 0 Å². The molecule has 8 heteroatoms. The summed E-state index contributed by atoms with van der Waals surface area (Å²) in [5, 5.41) is 3.27. The first-order chi connectivity index (χ1) is 11.0. The van der Waals surface area contributed by atoms with Crippen molar-refractivity contribution < 1.29 is 17.9 Å². The van der Waals surface area contributed by atoms with Gasteiger partial charge in [-0.1, -0.05) is 18.9 Å². The fourth-order valence-electron chi connectivity index (χ4n) is 3.33. The van der Waals surface area contributed by atoms with Crippen LogP contribution < -0.4 is 10.1 Å². The molecule has 1 aliphatic heterocycles. The monoisotopic (exact) mass is 400 g/mol. The zero-order chi connectivity index (χ0) is 16.4. The van der Waals surface area contributed by atoms with Crippen LogP contribution in [0.2, 0.25) is 0 Å². The predicted octanol–water partition coefficient (Wildman–Crippen LogP) is 4.30. The Kier molecular flexibility index (Phi) is 8.32. The van der Waals surface area contributed by atoms with Crippen LogP contribution in [0.15, 0.2) is 18.2 Å². The highest BCUT2D eigenvalue weighted by molar-refractivity contribution is 5.85. The van der Waals surface area contributed by atoms with E-state index in [0.717, 1.165) is 51.5 Å². The maximum Gasteiger partial charge on any atom is 0.416 e. The molecule has 2 aliphatic rings. The smallest absolute Gasteiger partial charge is 0.416 e. The molecule has 0 bridgehead atoms. The van der Waals surface area contributed by atoms with Gasteiger partial charge >= 0.3 is 6.18 Å². The minimum atomic E-state index is -4.36. The van der Waals surface area contributed by atoms with Crippen molar-refractivity contribution in [3.05, 3.63) is 29.3 Å². The Morgan fingerprint density at radius 3 is 2.36 bits per heavy atom. The second-order valence-corrected chi connectivity index (χ2v) is 6.43. The molecule has 3 nitrogen and oxygen atoms in total. The first-order valence-electron chi connectivity index (χ1n) is 8.19. The number of ether oxygens (including phenoxy) is 1. The average molecular weight is 401 g/mol. The second-order valence-electron chi connectivity index (χ2n) is 6.43. The Hall–Kier alpha value is -0.690. The van der Waals surface area contributed by atoms with Gasteiger partial charge in [-0.2, -0.15) is 13.2 Å². The summed E-state index contributed by atoms with van der Waals surface area (Å²) in [6.07, 6.45) is -1.27. The molecule has 0 unspecified atom stereocenters. The minimum Gasteiger partial charge on any atom is -0.497 e. The molecular formula is C17H25Cl2F3N2O. The van der Waals surface area contributed by atoms with Crippen molar-refractivity contribution in [3.8, 4) is 5.75 Å². The van der Waals surface area contributed by atoms with Crippen molar-refractivity contribution in [3.63, 3.8) is 0 Å². The number of hydrogen-bond donors (Lipinski definition) is 1. The summed E-state index contributed by atoms with van der Waals surface area (Å²) in [7, 11) is 1.40. The molecule has 0 spiro atoms. The average Bonchev–Trinajstić information content (AvgIpc) is 3.36. The van der Waals surface area contributed by atoms with E-state index in [-0.39, 0.29) is 36.6 Å². The summed E-state index contributed by atoms with van der Waals surface area (Å²) in [5.74, 6) is 0.824. The molecule has 1 N–H and O–H groups in total. The Morgan fingerprint density at radius 1 is 1.20 bits per heavy atom. The highest BCUT2D eigenvalue weighted by atomic mass is 35.5. The van der Waals surface area contributed by atoms with E-state index in [1.807, 2.05) is 0 Å². The fraction of sp³-hybridized carbons (Fsp3) is 0.647. The Morgan fingerprint density at radius 2 is 1.84 bits per heavy atom. The predicted molar refractivity (Wildman–Crippen MR) is 97.0 cm³/mol. The van der Waals surface area contributed by atoms with E-state index in [2.05, 4.69) is 10.2 Å². The molecule has 0 radical (unpaired) electrons. The van der Waals surface area contributed by atoms with Crippen LogP contribution in [-0.4, -0.2) is 38.2 Å². The van der Waals surface area contributed by atoms with Gasteiger partial charge in [0.2, 0.25) is 0 Å². The zero-order valence-corrected chi connectivity index (χ0v) is 15.8. The van der Waals surface area contributed by atoms with Gasteiger partial charge in [0.05, 0.1) is 12.7 Å². The maximum absolute atomic E-state index is 13.6. The summed E-state index contributed by atoms with van der Waals surface area (Å²) in [6.45, 7) is 3.25. The molecule has 1 aliphatic carbocycles. The van der Waals surface area contributed by atoms with Crippen molar-refractivity contribution in [2.75, 3.05) is 33.3 Å². The highest BCUT2D eigenvalue weighted by Gasteiger charge is 2.39. The number of halogens is 5. The SMILES string of the molecule is COc1ccc([C@@H](CC2CC2)N2CCNCC2)c(C(F)(F)F)c1.Cl.Cl. The van der Waals surface area contributed by atoms with Crippen LogP contribution in [0.5, 0.6) is 5.75 Å². The van der Waals surface area contributed by atoms with Crippen molar-refractivity contribution in [1.29, 1.82) is 0 Å². The lowest BCUT2D eigenvalue weighted by atomic mass is 9.93. The van der Waals surface area contributed by atoms with Gasteiger partial charge in [0.25, 0.3) is 0 Å². The van der Waals surface area contributed by atoms with Gasteiger partial charge in [0.1, 0.15) is 5.75 Å². The molecule has 1 aromatic carbocycles. The number of nitrogens with zero attached hydrogens (tertiary/aromatic N) is 1. The van der Waals surface area contributed by atoms with Crippen LogP contribution in [0.25, 0.3) is 0 Å². The Balaban J connectivity index is 0.00000156. The van der Waals surface area contributed by atoms with Gasteiger partial charge < -0.3 is 10.1 Å². The van der Waals surface area contributed by atoms with Gasteiger partial charge in [0, 0.05) is 32.2 Å². The topological polar surface area (TPSA) is 24.5 Å². The third-order valence-corrected chi connectivity index (χ3v) is 4.77. The standard InChI is InChI=1S/C17H23F3N2O.2ClH/c1-23-13-4-5-14(15(11-13)17(18,19)20)16(10-12-2-3-12)22-8-6-21-7-9-22;;/h4-5,11-12,16,21H,2-3,6-10H2,1H3;2*1H/t16-;;/m1../s1. The summed E-state index contributed by atoms with van der Waals surface area (Å²) >= 11 is 0. The van der Waals surface area contributed by atoms with Crippen molar-refractivity contribution in [2.24, 2.45) is 5.92 Å². The normalized spacial score (nSPS) is 19.5. The van der Waals surface area contributed by atoms with E-state index in [1.165, 1.54) is 7.11 Å². The third-order valence-electron chi connectivity index (χ3n) is 4.77. The lowest BCUT2D eigenvalue weighted by molar-refractivity contribution is -0.139. The molecule has 25 heavy (non-hydrogen) atoms. The molecule has 1 saturated heterocycles. The minimum absolute atomic E-state index is 0. The number of nitrogens with one attached hydrogen (secondary N) is 1. The third kappa shape index (κ3) is 5.64. The second kappa shape index (κ2) is 9.31. The number of alkyl halides is 3. The van der Waals surface area contributed by atoms with Crippen LogP contribution >= 0.6 is 24.8 Å². The Labute approximate surface area is 159 Å². The fourth-order valence-corrected chi connectivity index (χ4v) is 3.33. The van der Waals surface area contributed by atoms with Crippen molar-refractivity contribution in [2.45, 2.75) is 31.5 Å². The van der Waals surface area contributed by atoms with Crippen molar-refractivity contribution >= 4 is 24.8 Å². The van der Waals surface area contributed by atoms with E-state index in [9.17, 15) is 13.2 Å². The van der Waals surface area contributed by atoms with E-state index in [0.29, 0.717) is 11.5 Å². The molecule has 1 heterocycles. The van der Waals surface area contributed by atoms with E-state index >= 15 is 0 Å². The molecule has 2 fully saturated rings. The maximum atomic E-state index is 13.6. The number of hydrogen-bond acceptors (Lipinski definition) is 3. The van der Waals surface area contributed by atoms with Crippen LogP contribution in [0.4, 0.5) is 13.2 Å². The van der Waals surface area contributed by atoms with Gasteiger partial charge in [-0.05, 0) is 30.0 Å². The molecule has 144 valence electrons. The molecule has 1 saturated carbocycles. The largest absolute Gasteiger partial charge is 0.497 e. The van der Waals surface area contributed by atoms with Crippen LogP contribution in [0, 0.1) is 5.92 Å². The molecular weight excluding hydrogens is 376 g/mol. The molecule has 0 aromatic heterocycles. The van der Waals surface area contributed by atoms with Gasteiger partial charge in [-0.25, -0.2) is 0 Å². The Bertz CT molecular complexity index is 547. The number of methoxy groups -OCH3 is 1. The lowest BCUT2D eigenvalue weighted by Crippen LogP contribution is -2.45. The van der Waals surface area contributed by atoms with Crippen molar-refractivity contribution in [1.82, 2.24) is 10.2 Å². The number of rotatable bonds is 5. The van der Waals surface area contributed by atoms with E-state index in [4.69, 9.17) is 4.74 Å².